The van der Waals surface area contributed by atoms with Crippen LogP contribution in [0.5, 0.6) is 0 Å². The Labute approximate surface area is 201 Å². The molecule has 0 saturated carbocycles. The summed E-state index contributed by atoms with van der Waals surface area (Å²) < 4.78 is 14.5. The summed E-state index contributed by atoms with van der Waals surface area (Å²) in [5.74, 6) is 0.325. The van der Waals surface area contributed by atoms with Crippen LogP contribution in [0.2, 0.25) is 0 Å². The number of imidazole rings is 2. The second-order valence-electron chi connectivity index (χ2n) is 8.64. The molecule has 0 radical (unpaired) electrons. The van der Waals surface area contributed by atoms with Crippen LogP contribution >= 0.6 is 0 Å². The lowest BCUT2D eigenvalue weighted by molar-refractivity contribution is -0.0432. The lowest BCUT2D eigenvalue weighted by atomic mass is 10.2. The van der Waals surface area contributed by atoms with Crippen molar-refractivity contribution in [3.8, 4) is 0 Å². The van der Waals surface area contributed by atoms with Crippen molar-refractivity contribution in [2.75, 3.05) is 18.5 Å². The van der Waals surface area contributed by atoms with Crippen LogP contribution in [0.25, 0.3) is 22.3 Å². The number of H-pyrrole nitrogens is 1. The molecule has 16 heteroatoms. The summed E-state index contributed by atoms with van der Waals surface area (Å²) in [5, 5.41) is 41.8. The fourth-order valence-electron chi connectivity index (χ4n) is 4.56. The van der Waals surface area contributed by atoms with Crippen LogP contribution in [-0.2, 0) is 9.47 Å². The van der Waals surface area contributed by atoms with Crippen molar-refractivity contribution in [2.45, 2.75) is 49.7 Å². The van der Waals surface area contributed by atoms with E-state index >= 15 is 0 Å². The van der Waals surface area contributed by atoms with E-state index < -0.39 is 42.4 Å². The second-order valence-corrected chi connectivity index (χ2v) is 8.64. The van der Waals surface area contributed by atoms with E-state index in [1.807, 2.05) is 0 Å². The first kappa shape index (κ1) is 22.9. The van der Waals surface area contributed by atoms with Gasteiger partial charge in [0, 0.05) is 12.8 Å². The van der Waals surface area contributed by atoms with Gasteiger partial charge in [0.2, 0.25) is 5.95 Å². The van der Waals surface area contributed by atoms with Gasteiger partial charge in [0.15, 0.2) is 28.1 Å². The Morgan fingerprint density at radius 3 is 2.14 bits per heavy atom. The first-order valence-corrected chi connectivity index (χ1v) is 11.3. The third kappa shape index (κ3) is 3.71. The van der Waals surface area contributed by atoms with E-state index in [9.17, 15) is 25.2 Å². The molecule has 2 aliphatic rings. The minimum atomic E-state index is -0.862. The molecule has 0 aliphatic carbocycles. The third-order valence-electron chi connectivity index (χ3n) is 6.42. The molecule has 4 aromatic rings. The van der Waals surface area contributed by atoms with Gasteiger partial charge in [-0.3, -0.25) is 18.9 Å². The number of aliphatic hydroxyl groups excluding tert-OH is 4. The van der Waals surface area contributed by atoms with E-state index in [0.717, 1.165) is 0 Å². The summed E-state index contributed by atoms with van der Waals surface area (Å²) in [7, 11) is 0. The van der Waals surface area contributed by atoms with Crippen molar-refractivity contribution in [1.82, 2.24) is 39.0 Å². The summed E-state index contributed by atoms with van der Waals surface area (Å²) in [6.45, 7) is -0.650. The zero-order valence-electron chi connectivity index (χ0n) is 18.7. The van der Waals surface area contributed by atoms with Gasteiger partial charge in [0.1, 0.15) is 31.0 Å². The number of anilines is 2. The molecule has 4 aromatic heterocycles. The first-order valence-electron chi connectivity index (χ1n) is 11.3. The lowest BCUT2D eigenvalue weighted by Gasteiger charge is -2.14. The SMILES string of the molecule is O=c1[nH]c(Nc2ncnc3c2ncn3[C@H]2C[C@H](O)[C@@H](CO)O2)nc2c1ncn2[C@H]1C[C@H](O)[C@@H](CO)O1. The van der Waals surface area contributed by atoms with Gasteiger partial charge in [-0.15, -0.1) is 0 Å². The average Bonchev–Trinajstić information content (AvgIpc) is 3.63. The number of fused-ring (bicyclic) bond motifs is 2. The zero-order valence-corrected chi connectivity index (χ0v) is 18.7. The van der Waals surface area contributed by atoms with Crippen molar-refractivity contribution in [3.05, 3.63) is 29.3 Å². The Bertz CT molecular complexity index is 1470. The number of nitrogens with one attached hydrogen (secondary N) is 2. The Morgan fingerprint density at radius 1 is 0.917 bits per heavy atom. The molecule has 0 spiro atoms. The molecule has 0 aromatic carbocycles. The molecule has 190 valence electrons. The molecule has 36 heavy (non-hydrogen) atoms. The Balaban J connectivity index is 1.32. The van der Waals surface area contributed by atoms with Gasteiger partial charge in [0.05, 0.1) is 38.1 Å². The number of aromatic nitrogens is 8. The van der Waals surface area contributed by atoms with Gasteiger partial charge < -0.3 is 35.2 Å². The topological polar surface area (TPSA) is 219 Å². The summed E-state index contributed by atoms with van der Waals surface area (Å²) in [6.07, 6.45) is 0.310. The minimum Gasteiger partial charge on any atom is -0.394 e. The number of aliphatic hydroxyl groups is 4. The molecule has 6 N–H and O–H groups in total. The van der Waals surface area contributed by atoms with E-state index in [1.54, 1.807) is 4.57 Å². The molecule has 6 atom stereocenters. The second kappa shape index (κ2) is 8.84. The smallest absolute Gasteiger partial charge is 0.280 e. The average molecular weight is 501 g/mol. The molecule has 6 rings (SSSR count). The van der Waals surface area contributed by atoms with Crippen molar-refractivity contribution < 1.29 is 29.9 Å². The largest absolute Gasteiger partial charge is 0.394 e. The van der Waals surface area contributed by atoms with E-state index in [-0.39, 0.29) is 49.0 Å². The molecule has 16 nitrogen and oxygen atoms in total. The maximum atomic E-state index is 12.7. The molecule has 0 bridgehead atoms. The molecule has 6 heterocycles. The summed E-state index contributed by atoms with van der Waals surface area (Å²) in [4.78, 5) is 36.7. The monoisotopic (exact) mass is 501 g/mol. The van der Waals surface area contributed by atoms with E-state index in [2.05, 4.69) is 35.2 Å². The van der Waals surface area contributed by atoms with Gasteiger partial charge in [-0.2, -0.15) is 4.98 Å². The van der Waals surface area contributed by atoms with E-state index in [0.29, 0.717) is 11.2 Å². The third-order valence-corrected chi connectivity index (χ3v) is 6.42. The first-order chi connectivity index (χ1) is 17.5. The number of hydrogen-bond acceptors (Lipinski definition) is 13. The van der Waals surface area contributed by atoms with Crippen LogP contribution in [0.4, 0.5) is 11.8 Å². The predicted octanol–water partition coefficient (Wildman–Crippen LogP) is -1.72. The van der Waals surface area contributed by atoms with Crippen molar-refractivity contribution >= 4 is 34.1 Å². The quantitative estimate of drug-likeness (QED) is 0.173. The fraction of sp³-hybridized carbons (Fsp3) is 0.500. The number of rotatable bonds is 6. The van der Waals surface area contributed by atoms with Gasteiger partial charge >= 0.3 is 0 Å². The van der Waals surface area contributed by atoms with Crippen molar-refractivity contribution in [1.29, 1.82) is 0 Å². The van der Waals surface area contributed by atoms with Crippen LogP contribution in [-0.4, -0.2) is 97.1 Å². The van der Waals surface area contributed by atoms with Crippen LogP contribution in [0.3, 0.4) is 0 Å². The molecule has 0 amide bonds. The van der Waals surface area contributed by atoms with Crippen LogP contribution in [0, 0.1) is 0 Å². The number of ether oxygens (including phenoxy) is 2. The maximum absolute atomic E-state index is 12.7. The highest BCUT2D eigenvalue weighted by Crippen LogP contribution is 2.33. The highest BCUT2D eigenvalue weighted by Gasteiger charge is 2.36. The molecule has 2 fully saturated rings. The summed E-state index contributed by atoms with van der Waals surface area (Å²) in [6, 6.07) is 0. The van der Waals surface area contributed by atoms with Crippen LogP contribution < -0.4 is 10.9 Å². The maximum Gasteiger partial charge on any atom is 0.280 e. The van der Waals surface area contributed by atoms with E-state index in [1.165, 1.54) is 23.5 Å². The normalized spacial score (nSPS) is 28.4. The Morgan fingerprint density at radius 2 is 1.53 bits per heavy atom. The number of nitrogens with zero attached hydrogens (tertiary/aromatic N) is 7. The lowest BCUT2D eigenvalue weighted by Crippen LogP contribution is -2.24. The Hall–Kier alpha value is -3.54. The van der Waals surface area contributed by atoms with Gasteiger partial charge in [-0.05, 0) is 0 Å². The fourth-order valence-corrected chi connectivity index (χ4v) is 4.56. The molecular weight excluding hydrogens is 478 g/mol. The predicted molar refractivity (Wildman–Crippen MR) is 120 cm³/mol. The molecular formula is C20H23N9O7. The number of hydrogen-bond donors (Lipinski definition) is 6. The highest BCUT2D eigenvalue weighted by atomic mass is 16.5. The van der Waals surface area contributed by atoms with E-state index in [4.69, 9.17) is 9.47 Å². The number of aromatic amines is 1. The highest BCUT2D eigenvalue weighted by molar-refractivity contribution is 5.84. The van der Waals surface area contributed by atoms with Gasteiger partial charge in [-0.25, -0.2) is 19.9 Å². The van der Waals surface area contributed by atoms with Crippen LogP contribution in [0.15, 0.2) is 23.8 Å². The summed E-state index contributed by atoms with van der Waals surface area (Å²) in [5.41, 5.74) is 0.583. The van der Waals surface area contributed by atoms with Crippen LogP contribution in [0.1, 0.15) is 25.3 Å². The minimum absolute atomic E-state index is 0.0638. The summed E-state index contributed by atoms with van der Waals surface area (Å²) >= 11 is 0. The molecule has 0 unspecified atom stereocenters. The Kier molecular flexibility index (Phi) is 5.62. The van der Waals surface area contributed by atoms with Crippen molar-refractivity contribution in [2.24, 2.45) is 0 Å². The van der Waals surface area contributed by atoms with Gasteiger partial charge in [-0.1, -0.05) is 0 Å². The van der Waals surface area contributed by atoms with Crippen molar-refractivity contribution in [3.63, 3.8) is 0 Å². The van der Waals surface area contributed by atoms with Gasteiger partial charge in [0.25, 0.3) is 5.56 Å². The molecule has 2 saturated heterocycles. The molecule has 2 aliphatic heterocycles. The standard InChI is InChI=1S/C20H23N9O7/c30-3-10-8(32)1-12(35-10)28-6-23-14-16(21-5-22-17(14)28)25-20-26-18-15(19(34)27-20)24-7-29(18)13-2-9(33)11(4-31)36-13/h5-13,30-33H,1-4H2,(H2,21,22,25,26,27,34)/t8-,9-,10+,11+,12+,13+/m0/s1. The zero-order chi connectivity index (χ0) is 25.0.